The average Bonchev–Trinajstić information content (AvgIpc) is 2.84. The lowest BCUT2D eigenvalue weighted by Gasteiger charge is -2.17. The molecule has 0 saturated heterocycles. The van der Waals surface area contributed by atoms with Crippen LogP contribution in [0.4, 0.5) is 0 Å². The van der Waals surface area contributed by atoms with Gasteiger partial charge in [-0.1, -0.05) is 30.4 Å². The molecule has 20 heavy (non-hydrogen) atoms. The highest BCUT2D eigenvalue weighted by atomic mass is 32.1. The minimum Gasteiger partial charge on any atom is -0.389 e. The highest BCUT2D eigenvalue weighted by Crippen LogP contribution is 2.11. The van der Waals surface area contributed by atoms with E-state index >= 15 is 0 Å². The molecule has 1 amide bonds. The molecular formula is C14H16N4OS. The van der Waals surface area contributed by atoms with Gasteiger partial charge >= 0.3 is 0 Å². The van der Waals surface area contributed by atoms with E-state index in [4.69, 9.17) is 18.0 Å². The van der Waals surface area contributed by atoms with Crippen LogP contribution in [0.15, 0.2) is 30.5 Å². The van der Waals surface area contributed by atoms with E-state index in [1.54, 1.807) is 18.1 Å². The maximum Gasteiger partial charge on any atom is 0.257 e. The number of thiocarbonyl (C=S) groups is 1. The third-order valence-electron chi connectivity index (χ3n) is 3.04. The predicted octanol–water partition coefficient (Wildman–Crippen LogP) is 1.62. The van der Waals surface area contributed by atoms with Crippen molar-refractivity contribution in [2.75, 3.05) is 7.05 Å². The number of aryl methyl sites for hydroxylation is 1. The molecule has 0 aliphatic heterocycles. The van der Waals surface area contributed by atoms with Crippen LogP contribution in [0.3, 0.4) is 0 Å². The minimum absolute atomic E-state index is 0.0722. The van der Waals surface area contributed by atoms with Gasteiger partial charge in [-0.3, -0.25) is 9.89 Å². The van der Waals surface area contributed by atoms with Gasteiger partial charge in [-0.15, -0.1) is 0 Å². The maximum absolute atomic E-state index is 12.3. The molecule has 1 aromatic heterocycles. The molecule has 1 aromatic carbocycles. The Hall–Kier alpha value is -2.21. The van der Waals surface area contributed by atoms with Gasteiger partial charge < -0.3 is 10.6 Å². The quantitative estimate of drug-likeness (QED) is 0.838. The summed E-state index contributed by atoms with van der Waals surface area (Å²) in [5.74, 6) is -0.0722. The van der Waals surface area contributed by atoms with E-state index in [1.807, 2.05) is 31.2 Å². The number of nitrogens with one attached hydrogen (secondary N) is 1. The molecule has 0 aliphatic rings. The number of carbonyl (C=O) groups is 1. The molecule has 0 atom stereocenters. The summed E-state index contributed by atoms with van der Waals surface area (Å²) in [5, 5.41) is 6.62. The summed E-state index contributed by atoms with van der Waals surface area (Å²) in [7, 11) is 1.75. The molecule has 0 radical (unpaired) electrons. The number of aromatic amines is 1. The van der Waals surface area contributed by atoms with Gasteiger partial charge in [0.05, 0.1) is 11.8 Å². The molecular weight excluding hydrogens is 272 g/mol. The van der Waals surface area contributed by atoms with Gasteiger partial charge in [0, 0.05) is 24.8 Å². The molecule has 0 aliphatic carbocycles. The normalized spacial score (nSPS) is 10.3. The van der Waals surface area contributed by atoms with Crippen molar-refractivity contribution in [2.24, 2.45) is 5.73 Å². The SMILES string of the molecule is Cc1[nH]ncc1C(=O)N(C)Cc1cccc(C(N)=S)c1. The molecule has 1 heterocycles. The first-order chi connectivity index (χ1) is 9.49. The number of nitrogens with two attached hydrogens (primary N) is 1. The molecule has 0 saturated carbocycles. The molecule has 2 rings (SSSR count). The first-order valence-electron chi connectivity index (χ1n) is 6.13. The van der Waals surface area contributed by atoms with Crippen LogP contribution in [-0.4, -0.2) is 33.0 Å². The van der Waals surface area contributed by atoms with E-state index in [0.29, 0.717) is 17.1 Å². The summed E-state index contributed by atoms with van der Waals surface area (Å²) in [4.78, 5) is 14.3. The van der Waals surface area contributed by atoms with Crippen molar-refractivity contribution in [1.82, 2.24) is 15.1 Å². The number of nitrogens with zero attached hydrogens (tertiary/aromatic N) is 2. The number of rotatable bonds is 4. The number of aromatic nitrogens is 2. The lowest BCUT2D eigenvalue weighted by Crippen LogP contribution is -2.26. The zero-order valence-electron chi connectivity index (χ0n) is 11.4. The molecule has 0 fully saturated rings. The second-order valence-corrected chi connectivity index (χ2v) is 5.07. The Bertz CT molecular complexity index is 650. The van der Waals surface area contributed by atoms with Crippen molar-refractivity contribution in [3.63, 3.8) is 0 Å². The fraction of sp³-hybridized carbons (Fsp3) is 0.214. The largest absolute Gasteiger partial charge is 0.389 e. The Labute approximate surface area is 122 Å². The Morgan fingerprint density at radius 1 is 1.50 bits per heavy atom. The van der Waals surface area contributed by atoms with Crippen LogP contribution in [0, 0.1) is 6.92 Å². The van der Waals surface area contributed by atoms with Crippen molar-refractivity contribution in [3.05, 3.63) is 52.8 Å². The summed E-state index contributed by atoms with van der Waals surface area (Å²) in [6.45, 7) is 2.31. The summed E-state index contributed by atoms with van der Waals surface area (Å²) < 4.78 is 0. The summed E-state index contributed by atoms with van der Waals surface area (Å²) in [5.41, 5.74) is 8.74. The van der Waals surface area contributed by atoms with Crippen LogP contribution in [0.2, 0.25) is 0 Å². The van der Waals surface area contributed by atoms with Crippen LogP contribution in [-0.2, 0) is 6.54 Å². The van der Waals surface area contributed by atoms with Gasteiger partial charge in [0.25, 0.3) is 5.91 Å². The van der Waals surface area contributed by atoms with E-state index < -0.39 is 0 Å². The molecule has 6 heteroatoms. The number of carbonyl (C=O) groups excluding carboxylic acids is 1. The highest BCUT2D eigenvalue weighted by Gasteiger charge is 2.15. The first-order valence-corrected chi connectivity index (χ1v) is 6.54. The van der Waals surface area contributed by atoms with Crippen molar-refractivity contribution >= 4 is 23.1 Å². The smallest absolute Gasteiger partial charge is 0.257 e. The third-order valence-corrected chi connectivity index (χ3v) is 3.27. The molecule has 0 spiro atoms. The Morgan fingerprint density at radius 2 is 2.25 bits per heavy atom. The van der Waals surface area contributed by atoms with Crippen LogP contribution < -0.4 is 5.73 Å². The van der Waals surface area contributed by atoms with Gasteiger partial charge in [-0.25, -0.2) is 0 Å². The second kappa shape index (κ2) is 5.83. The maximum atomic E-state index is 12.3. The molecule has 3 N–H and O–H groups in total. The van der Waals surface area contributed by atoms with E-state index in [1.165, 1.54) is 0 Å². The second-order valence-electron chi connectivity index (χ2n) is 4.63. The molecule has 0 unspecified atom stereocenters. The van der Waals surface area contributed by atoms with Crippen LogP contribution >= 0.6 is 12.2 Å². The Morgan fingerprint density at radius 3 is 2.85 bits per heavy atom. The Kier molecular flexibility index (Phi) is 4.14. The topological polar surface area (TPSA) is 75.0 Å². The number of amides is 1. The number of hydrogen-bond donors (Lipinski definition) is 2. The zero-order chi connectivity index (χ0) is 14.7. The number of hydrogen-bond acceptors (Lipinski definition) is 3. The Balaban J connectivity index is 2.14. The minimum atomic E-state index is -0.0722. The van der Waals surface area contributed by atoms with Crippen molar-refractivity contribution in [3.8, 4) is 0 Å². The predicted molar refractivity (Wildman–Crippen MR) is 81.5 cm³/mol. The van der Waals surface area contributed by atoms with Gasteiger partial charge in [0.2, 0.25) is 0 Å². The van der Waals surface area contributed by atoms with Gasteiger partial charge in [0.1, 0.15) is 4.99 Å². The molecule has 2 aromatic rings. The standard InChI is InChI=1S/C14H16N4OS/c1-9-12(7-16-17-9)14(19)18(2)8-10-4-3-5-11(6-10)13(15)20/h3-7H,8H2,1-2H3,(H2,15,20)(H,16,17). The summed E-state index contributed by atoms with van der Waals surface area (Å²) in [6.07, 6.45) is 1.54. The average molecular weight is 288 g/mol. The van der Waals surface area contributed by atoms with Gasteiger partial charge in [0.15, 0.2) is 0 Å². The number of benzene rings is 1. The van der Waals surface area contributed by atoms with Crippen molar-refractivity contribution < 1.29 is 4.79 Å². The van der Waals surface area contributed by atoms with E-state index in [2.05, 4.69) is 10.2 Å². The highest BCUT2D eigenvalue weighted by molar-refractivity contribution is 7.80. The lowest BCUT2D eigenvalue weighted by molar-refractivity contribution is 0.0784. The van der Waals surface area contributed by atoms with E-state index in [0.717, 1.165) is 16.8 Å². The summed E-state index contributed by atoms with van der Waals surface area (Å²) >= 11 is 4.95. The zero-order valence-corrected chi connectivity index (χ0v) is 12.2. The lowest BCUT2D eigenvalue weighted by atomic mass is 10.1. The third kappa shape index (κ3) is 3.03. The fourth-order valence-corrected chi connectivity index (χ4v) is 2.07. The first kappa shape index (κ1) is 14.2. The van der Waals surface area contributed by atoms with E-state index in [9.17, 15) is 4.79 Å². The molecule has 104 valence electrons. The fourth-order valence-electron chi connectivity index (χ4n) is 1.94. The molecule has 0 bridgehead atoms. The van der Waals surface area contributed by atoms with Crippen molar-refractivity contribution in [1.29, 1.82) is 0 Å². The van der Waals surface area contributed by atoms with Crippen molar-refractivity contribution in [2.45, 2.75) is 13.5 Å². The van der Waals surface area contributed by atoms with Crippen LogP contribution in [0.5, 0.6) is 0 Å². The van der Waals surface area contributed by atoms with Crippen LogP contribution in [0.25, 0.3) is 0 Å². The van der Waals surface area contributed by atoms with Gasteiger partial charge in [-0.2, -0.15) is 5.10 Å². The van der Waals surface area contributed by atoms with E-state index in [-0.39, 0.29) is 5.91 Å². The monoisotopic (exact) mass is 288 g/mol. The molecule has 5 nitrogen and oxygen atoms in total. The summed E-state index contributed by atoms with van der Waals surface area (Å²) in [6, 6.07) is 7.57. The van der Waals surface area contributed by atoms with Gasteiger partial charge in [-0.05, 0) is 18.6 Å². The van der Waals surface area contributed by atoms with Crippen LogP contribution in [0.1, 0.15) is 27.2 Å². The number of H-pyrrole nitrogens is 1.